The van der Waals surface area contributed by atoms with E-state index in [1.165, 1.54) is 25.5 Å². The number of sulfone groups is 1. The van der Waals surface area contributed by atoms with E-state index in [9.17, 15) is 8.42 Å². The van der Waals surface area contributed by atoms with E-state index in [0.29, 0.717) is 6.54 Å². The van der Waals surface area contributed by atoms with Crippen LogP contribution in [0.25, 0.3) is 0 Å². The van der Waals surface area contributed by atoms with Crippen molar-refractivity contribution in [2.45, 2.75) is 39.0 Å². The predicted octanol–water partition coefficient (Wildman–Crippen LogP) is 1.51. The lowest BCUT2D eigenvalue weighted by Crippen LogP contribution is -2.26. The average molecular weight is 278 g/mol. The number of nitrogens with two attached hydrogens (primary N) is 1. The molecule has 0 amide bonds. The Hall–Kier alpha value is -0.130. The van der Waals surface area contributed by atoms with E-state index in [2.05, 4.69) is 11.8 Å². The minimum absolute atomic E-state index is 0.255. The summed E-state index contributed by atoms with van der Waals surface area (Å²) in [6.45, 7) is 4.59. The highest BCUT2D eigenvalue weighted by atomic mass is 32.2. The molecule has 4 nitrogen and oxygen atoms in total. The summed E-state index contributed by atoms with van der Waals surface area (Å²) in [6, 6.07) is 0. The molecule has 0 saturated heterocycles. The van der Waals surface area contributed by atoms with Gasteiger partial charge in [-0.2, -0.15) is 0 Å². The lowest BCUT2D eigenvalue weighted by molar-refractivity contribution is 0.317. The fourth-order valence-electron chi connectivity index (χ4n) is 2.16. The zero-order valence-electron chi connectivity index (χ0n) is 12.2. The van der Waals surface area contributed by atoms with Gasteiger partial charge < -0.3 is 10.6 Å². The molecule has 1 unspecified atom stereocenters. The van der Waals surface area contributed by atoms with E-state index >= 15 is 0 Å². The molecule has 2 N–H and O–H groups in total. The van der Waals surface area contributed by atoms with E-state index in [0.717, 1.165) is 31.8 Å². The van der Waals surface area contributed by atoms with Crippen LogP contribution < -0.4 is 5.73 Å². The Bertz CT molecular complexity index is 285. The van der Waals surface area contributed by atoms with Crippen LogP contribution in [-0.2, 0) is 9.84 Å². The molecule has 0 saturated carbocycles. The molecule has 0 aromatic rings. The first-order valence-corrected chi connectivity index (χ1v) is 9.01. The fourth-order valence-corrected chi connectivity index (χ4v) is 2.80. The zero-order valence-corrected chi connectivity index (χ0v) is 13.0. The highest BCUT2D eigenvalue weighted by molar-refractivity contribution is 7.90. The van der Waals surface area contributed by atoms with Crippen molar-refractivity contribution in [3.8, 4) is 0 Å². The summed E-state index contributed by atoms with van der Waals surface area (Å²) in [5, 5.41) is 0. The van der Waals surface area contributed by atoms with Gasteiger partial charge in [0.15, 0.2) is 0 Å². The van der Waals surface area contributed by atoms with Gasteiger partial charge >= 0.3 is 0 Å². The van der Waals surface area contributed by atoms with Gasteiger partial charge in [0.25, 0.3) is 0 Å². The topological polar surface area (TPSA) is 63.4 Å². The second kappa shape index (κ2) is 9.75. The molecule has 0 fully saturated rings. The second-order valence-electron chi connectivity index (χ2n) is 5.31. The van der Waals surface area contributed by atoms with Crippen LogP contribution in [0.2, 0.25) is 0 Å². The second-order valence-corrected chi connectivity index (χ2v) is 7.57. The van der Waals surface area contributed by atoms with Crippen molar-refractivity contribution >= 4 is 9.84 Å². The van der Waals surface area contributed by atoms with Crippen molar-refractivity contribution in [1.82, 2.24) is 4.90 Å². The molecule has 0 aromatic heterocycles. The van der Waals surface area contributed by atoms with E-state index in [4.69, 9.17) is 5.73 Å². The molecule has 0 heterocycles. The first-order chi connectivity index (χ1) is 8.39. The summed E-state index contributed by atoms with van der Waals surface area (Å²) in [5.41, 5.74) is 5.61. The molecule has 0 aliphatic rings. The van der Waals surface area contributed by atoms with Crippen molar-refractivity contribution in [2.24, 2.45) is 11.7 Å². The summed E-state index contributed by atoms with van der Waals surface area (Å²) in [7, 11) is -0.847. The third-order valence-electron chi connectivity index (χ3n) is 3.27. The van der Waals surface area contributed by atoms with Gasteiger partial charge in [-0.15, -0.1) is 0 Å². The van der Waals surface area contributed by atoms with Crippen LogP contribution in [0.3, 0.4) is 0 Å². The molecule has 0 rings (SSSR count). The maximum atomic E-state index is 11.0. The van der Waals surface area contributed by atoms with E-state index in [1.54, 1.807) is 0 Å². The quantitative estimate of drug-likeness (QED) is 0.622. The molecule has 110 valence electrons. The van der Waals surface area contributed by atoms with Gasteiger partial charge in [-0.25, -0.2) is 8.42 Å². The van der Waals surface area contributed by atoms with Gasteiger partial charge in [-0.1, -0.05) is 19.8 Å². The molecule has 5 heteroatoms. The van der Waals surface area contributed by atoms with Gasteiger partial charge in [-0.05, 0) is 45.3 Å². The minimum atomic E-state index is -2.84. The van der Waals surface area contributed by atoms with Crippen LogP contribution in [0.15, 0.2) is 0 Å². The van der Waals surface area contributed by atoms with Crippen LogP contribution in [-0.4, -0.2) is 52.0 Å². The van der Waals surface area contributed by atoms with Crippen molar-refractivity contribution in [1.29, 1.82) is 0 Å². The van der Waals surface area contributed by atoms with Gasteiger partial charge in [-0.3, -0.25) is 0 Å². The Morgan fingerprint density at radius 1 is 1.17 bits per heavy atom. The molecule has 18 heavy (non-hydrogen) atoms. The third-order valence-corrected chi connectivity index (χ3v) is 4.19. The Labute approximate surface area is 113 Å². The Kier molecular flexibility index (Phi) is 9.68. The average Bonchev–Trinajstić information content (AvgIpc) is 2.26. The minimum Gasteiger partial charge on any atom is -0.330 e. The summed E-state index contributed by atoms with van der Waals surface area (Å²) in [5.74, 6) is 0.994. The summed E-state index contributed by atoms with van der Waals surface area (Å²) in [4.78, 5) is 2.10. The maximum absolute atomic E-state index is 11.0. The first kappa shape index (κ1) is 17.9. The SMILES string of the molecule is CCCC(CCN)CCCN(C)CCS(C)(=O)=O. The van der Waals surface area contributed by atoms with Crippen LogP contribution >= 0.6 is 0 Å². The van der Waals surface area contributed by atoms with Crippen LogP contribution in [0, 0.1) is 5.92 Å². The normalized spacial score (nSPS) is 14.1. The molecule has 1 atom stereocenters. The van der Waals surface area contributed by atoms with Crippen LogP contribution in [0.5, 0.6) is 0 Å². The number of hydrogen-bond acceptors (Lipinski definition) is 4. The van der Waals surface area contributed by atoms with E-state index in [-0.39, 0.29) is 5.75 Å². The van der Waals surface area contributed by atoms with Gasteiger partial charge in [0.05, 0.1) is 5.75 Å². The summed E-state index contributed by atoms with van der Waals surface area (Å²) >= 11 is 0. The standard InChI is InChI=1S/C13H30N2O2S/c1-4-6-13(8-9-14)7-5-10-15(2)11-12-18(3,16)17/h13H,4-12,14H2,1-3H3. The van der Waals surface area contributed by atoms with Crippen molar-refractivity contribution in [3.05, 3.63) is 0 Å². The molecule has 0 spiro atoms. The Morgan fingerprint density at radius 3 is 2.33 bits per heavy atom. The number of nitrogens with zero attached hydrogens (tertiary/aromatic N) is 1. The van der Waals surface area contributed by atoms with Crippen molar-refractivity contribution < 1.29 is 8.42 Å². The third kappa shape index (κ3) is 11.0. The van der Waals surface area contributed by atoms with Gasteiger partial charge in [0.1, 0.15) is 9.84 Å². The fraction of sp³-hybridized carbons (Fsp3) is 1.00. The van der Waals surface area contributed by atoms with Crippen molar-refractivity contribution in [2.75, 3.05) is 38.7 Å². The highest BCUT2D eigenvalue weighted by Gasteiger charge is 2.09. The lowest BCUT2D eigenvalue weighted by Gasteiger charge is -2.19. The number of rotatable bonds is 11. The van der Waals surface area contributed by atoms with E-state index in [1.807, 2.05) is 7.05 Å². The van der Waals surface area contributed by atoms with Crippen LogP contribution in [0.4, 0.5) is 0 Å². The summed E-state index contributed by atoms with van der Waals surface area (Å²) in [6.07, 6.45) is 7.21. The summed E-state index contributed by atoms with van der Waals surface area (Å²) < 4.78 is 22.1. The zero-order chi connectivity index (χ0) is 14.0. The lowest BCUT2D eigenvalue weighted by atomic mass is 9.94. The molecule has 0 aliphatic carbocycles. The smallest absolute Gasteiger partial charge is 0.148 e. The predicted molar refractivity (Wildman–Crippen MR) is 78.5 cm³/mol. The van der Waals surface area contributed by atoms with Gasteiger partial charge in [0, 0.05) is 12.8 Å². The Morgan fingerprint density at radius 2 is 1.83 bits per heavy atom. The maximum Gasteiger partial charge on any atom is 0.148 e. The van der Waals surface area contributed by atoms with Crippen LogP contribution in [0.1, 0.15) is 39.0 Å². The molecular weight excluding hydrogens is 248 g/mol. The molecule has 0 radical (unpaired) electrons. The van der Waals surface area contributed by atoms with E-state index < -0.39 is 9.84 Å². The highest BCUT2D eigenvalue weighted by Crippen LogP contribution is 2.16. The molecular formula is C13H30N2O2S. The molecule has 0 aromatic carbocycles. The largest absolute Gasteiger partial charge is 0.330 e. The first-order valence-electron chi connectivity index (χ1n) is 6.95. The van der Waals surface area contributed by atoms with Crippen molar-refractivity contribution in [3.63, 3.8) is 0 Å². The molecule has 0 bridgehead atoms. The monoisotopic (exact) mass is 278 g/mol. The number of hydrogen-bond donors (Lipinski definition) is 1. The van der Waals surface area contributed by atoms with Gasteiger partial charge in [0.2, 0.25) is 0 Å². The molecule has 0 aliphatic heterocycles. The Balaban J connectivity index is 3.73.